The minimum atomic E-state index is -0.880. The molecule has 1 N–H and O–H groups in total. The van der Waals surface area contributed by atoms with Gasteiger partial charge in [0.15, 0.2) is 0 Å². The lowest BCUT2D eigenvalue weighted by Gasteiger charge is -2.22. The van der Waals surface area contributed by atoms with Crippen LogP contribution in [0.2, 0.25) is 0 Å². The number of carbonyl (C=O) groups is 2. The maximum atomic E-state index is 12.9. The number of benzene rings is 2. The molecule has 1 heterocycles. The monoisotopic (exact) mass is 338 g/mol. The molecule has 0 bridgehead atoms. The van der Waals surface area contributed by atoms with Gasteiger partial charge in [-0.25, -0.2) is 4.79 Å². The third-order valence-electron chi connectivity index (χ3n) is 4.62. The number of methoxy groups -OCH3 is 1. The van der Waals surface area contributed by atoms with E-state index in [2.05, 4.69) is 5.32 Å². The number of nitrogens with zero attached hydrogens (tertiary/aromatic N) is 1. The van der Waals surface area contributed by atoms with Crippen LogP contribution < -0.4 is 10.1 Å². The normalized spacial score (nSPS) is 19.8. The maximum absolute atomic E-state index is 12.9. The Balaban J connectivity index is 1.73. The van der Waals surface area contributed by atoms with Gasteiger partial charge in [0.25, 0.3) is 5.91 Å². The zero-order valence-electron chi connectivity index (χ0n) is 14.5. The second-order valence-corrected chi connectivity index (χ2v) is 6.45. The van der Waals surface area contributed by atoms with E-state index in [1.165, 1.54) is 4.90 Å². The van der Waals surface area contributed by atoms with Crippen LogP contribution in [0.25, 0.3) is 0 Å². The minimum absolute atomic E-state index is 0.195. The topological polar surface area (TPSA) is 58.6 Å². The fraction of sp³-hybridized carbons (Fsp3) is 0.300. The van der Waals surface area contributed by atoms with E-state index in [9.17, 15) is 9.59 Å². The van der Waals surface area contributed by atoms with E-state index in [1.54, 1.807) is 14.0 Å². The largest absolute Gasteiger partial charge is 0.496 e. The highest BCUT2D eigenvalue weighted by Crippen LogP contribution is 2.27. The van der Waals surface area contributed by atoms with Crippen LogP contribution in [0.15, 0.2) is 54.6 Å². The predicted octanol–water partition coefficient (Wildman–Crippen LogP) is 3.14. The summed E-state index contributed by atoms with van der Waals surface area (Å²) in [4.78, 5) is 26.5. The van der Waals surface area contributed by atoms with Crippen LogP contribution in [-0.4, -0.2) is 29.5 Å². The Bertz CT molecular complexity index is 776. The van der Waals surface area contributed by atoms with Gasteiger partial charge in [0, 0.05) is 5.56 Å². The number of imide groups is 1. The molecule has 3 amide bonds. The van der Waals surface area contributed by atoms with Gasteiger partial charge in [-0.15, -0.1) is 0 Å². The number of amides is 3. The molecule has 2 aromatic carbocycles. The van der Waals surface area contributed by atoms with Gasteiger partial charge < -0.3 is 10.1 Å². The van der Waals surface area contributed by atoms with E-state index < -0.39 is 5.54 Å². The van der Waals surface area contributed by atoms with Gasteiger partial charge in [0.05, 0.1) is 13.7 Å². The first-order valence-electron chi connectivity index (χ1n) is 8.33. The first-order chi connectivity index (χ1) is 12.0. The van der Waals surface area contributed by atoms with Crippen molar-refractivity contribution in [2.75, 3.05) is 7.11 Å². The molecular weight excluding hydrogens is 316 g/mol. The molecule has 25 heavy (non-hydrogen) atoms. The highest BCUT2D eigenvalue weighted by atomic mass is 16.5. The van der Waals surface area contributed by atoms with Gasteiger partial charge >= 0.3 is 6.03 Å². The van der Waals surface area contributed by atoms with Gasteiger partial charge in [0.1, 0.15) is 11.3 Å². The summed E-state index contributed by atoms with van der Waals surface area (Å²) < 4.78 is 5.31. The fourth-order valence-corrected chi connectivity index (χ4v) is 3.10. The number of aryl methyl sites for hydroxylation is 1. The number of nitrogens with one attached hydrogen (secondary N) is 1. The summed E-state index contributed by atoms with van der Waals surface area (Å²) in [5.41, 5.74) is 1.07. The highest BCUT2D eigenvalue weighted by molar-refractivity contribution is 6.06. The second-order valence-electron chi connectivity index (χ2n) is 6.45. The summed E-state index contributed by atoms with van der Waals surface area (Å²) in [7, 11) is 1.58. The van der Waals surface area contributed by atoms with Gasteiger partial charge in [-0.3, -0.25) is 9.69 Å². The third-order valence-corrected chi connectivity index (χ3v) is 4.62. The van der Waals surface area contributed by atoms with Crippen molar-refractivity contribution in [2.45, 2.75) is 31.8 Å². The van der Waals surface area contributed by atoms with E-state index in [0.717, 1.165) is 17.5 Å². The molecule has 0 spiro atoms. The number of para-hydroxylation sites is 1. The Labute approximate surface area is 147 Å². The van der Waals surface area contributed by atoms with E-state index in [1.807, 2.05) is 54.6 Å². The summed E-state index contributed by atoms with van der Waals surface area (Å²) in [5, 5.41) is 2.85. The zero-order chi connectivity index (χ0) is 17.9. The van der Waals surface area contributed by atoms with Crippen molar-refractivity contribution in [2.24, 2.45) is 0 Å². The summed E-state index contributed by atoms with van der Waals surface area (Å²) in [5.74, 6) is 0.473. The summed E-state index contributed by atoms with van der Waals surface area (Å²) in [6, 6.07) is 17.0. The van der Waals surface area contributed by atoms with Gasteiger partial charge in [-0.2, -0.15) is 0 Å². The van der Waals surface area contributed by atoms with E-state index in [4.69, 9.17) is 4.74 Å². The molecule has 1 atom stereocenters. The number of carbonyl (C=O) groups excluding carboxylic acids is 2. The molecule has 5 nitrogen and oxygen atoms in total. The first-order valence-corrected chi connectivity index (χ1v) is 8.33. The Kier molecular flexibility index (Phi) is 4.74. The third kappa shape index (κ3) is 3.50. The zero-order valence-corrected chi connectivity index (χ0v) is 14.5. The fourth-order valence-electron chi connectivity index (χ4n) is 3.10. The van der Waals surface area contributed by atoms with Gasteiger partial charge in [0.2, 0.25) is 0 Å². The van der Waals surface area contributed by atoms with E-state index >= 15 is 0 Å². The lowest BCUT2D eigenvalue weighted by atomic mass is 9.93. The van der Waals surface area contributed by atoms with Crippen LogP contribution in [0, 0.1) is 0 Å². The van der Waals surface area contributed by atoms with Crippen LogP contribution in [-0.2, 0) is 17.8 Å². The Morgan fingerprint density at radius 3 is 2.44 bits per heavy atom. The van der Waals surface area contributed by atoms with Crippen molar-refractivity contribution < 1.29 is 14.3 Å². The number of ether oxygens (including phenoxy) is 1. The lowest BCUT2D eigenvalue weighted by molar-refractivity contribution is -0.131. The first kappa shape index (κ1) is 17.0. The molecule has 1 fully saturated rings. The van der Waals surface area contributed by atoms with Crippen LogP contribution in [0.3, 0.4) is 0 Å². The van der Waals surface area contributed by atoms with Crippen LogP contribution in [0.4, 0.5) is 4.79 Å². The van der Waals surface area contributed by atoms with Gasteiger partial charge in [-0.1, -0.05) is 48.5 Å². The van der Waals surface area contributed by atoms with E-state index in [-0.39, 0.29) is 18.5 Å². The average molecular weight is 338 g/mol. The van der Waals surface area contributed by atoms with Crippen LogP contribution >= 0.6 is 0 Å². The summed E-state index contributed by atoms with van der Waals surface area (Å²) in [6.07, 6.45) is 1.29. The van der Waals surface area contributed by atoms with Crippen molar-refractivity contribution >= 4 is 11.9 Å². The smallest absolute Gasteiger partial charge is 0.325 e. The molecular formula is C20H22N2O3. The molecule has 0 aromatic heterocycles. The van der Waals surface area contributed by atoms with Crippen molar-refractivity contribution in [3.05, 3.63) is 65.7 Å². The molecule has 2 aromatic rings. The maximum Gasteiger partial charge on any atom is 0.325 e. The Morgan fingerprint density at radius 1 is 1.04 bits per heavy atom. The van der Waals surface area contributed by atoms with Crippen molar-refractivity contribution in [1.82, 2.24) is 10.2 Å². The highest BCUT2D eigenvalue weighted by Gasteiger charge is 2.47. The number of rotatable bonds is 6. The molecule has 1 unspecified atom stereocenters. The second kappa shape index (κ2) is 6.97. The molecule has 5 heteroatoms. The summed E-state index contributed by atoms with van der Waals surface area (Å²) in [6.45, 7) is 1.99. The lowest BCUT2D eigenvalue weighted by Crippen LogP contribution is -2.44. The standard InChI is InChI=1S/C20H22N2O3/c1-20(13-12-15-8-4-3-5-9-15)18(23)22(19(24)21-20)14-16-10-6-7-11-17(16)25-2/h3-11H,12-14H2,1-2H3,(H,21,24). The molecule has 0 radical (unpaired) electrons. The average Bonchev–Trinajstić information content (AvgIpc) is 2.85. The quantitative estimate of drug-likeness (QED) is 0.823. The van der Waals surface area contributed by atoms with Crippen LogP contribution in [0.1, 0.15) is 24.5 Å². The molecule has 1 aliphatic rings. The Hall–Kier alpha value is -2.82. The summed E-state index contributed by atoms with van der Waals surface area (Å²) >= 11 is 0. The number of urea groups is 1. The van der Waals surface area contributed by atoms with Crippen molar-refractivity contribution in [3.63, 3.8) is 0 Å². The number of hydrogen-bond donors (Lipinski definition) is 1. The molecule has 130 valence electrons. The number of hydrogen-bond acceptors (Lipinski definition) is 3. The molecule has 0 saturated carbocycles. The van der Waals surface area contributed by atoms with Crippen molar-refractivity contribution in [1.29, 1.82) is 0 Å². The SMILES string of the molecule is COc1ccccc1CN1C(=O)NC(C)(CCc2ccccc2)C1=O. The van der Waals surface area contributed by atoms with Gasteiger partial charge in [-0.05, 0) is 31.4 Å². The molecule has 1 saturated heterocycles. The van der Waals surface area contributed by atoms with Crippen LogP contribution in [0.5, 0.6) is 5.75 Å². The molecule has 3 rings (SSSR count). The minimum Gasteiger partial charge on any atom is -0.496 e. The van der Waals surface area contributed by atoms with Crippen molar-refractivity contribution in [3.8, 4) is 5.75 Å². The Morgan fingerprint density at radius 2 is 1.72 bits per heavy atom. The van der Waals surface area contributed by atoms with E-state index in [0.29, 0.717) is 12.2 Å². The predicted molar refractivity (Wildman–Crippen MR) is 95.2 cm³/mol. The molecule has 1 aliphatic heterocycles. The molecule has 0 aliphatic carbocycles.